The lowest BCUT2D eigenvalue weighted by atomic mass is 9.72. The molecule has 28 heavy (non-hydrogen) atoms. The third kappa shape index (κ3) is 3.75. The second kappa shape index (κ2) is 7.82. The Labute approximate surface area is 166 Å². The van der Waals surface area contributed by atoms with Crippen molar-refractivity contribution in [2.45, 2.75) is 25.2 Å². The molecule has 0 N–H and O–H groups in total. The minimum Gasteiger partial charge on any atom is -0.294 e. The molecule has 0 fully saturated rings. The maximum atomic E-state index is 13.1. The normalized spacial score (nSPS) is 13.2. The van der Waals surface area contributed by atoms with Crippen molar-refractivity contribution in [3.05, 3.63) is 120 Å². The molecule has 0 aromatic heterocycles. The van der Waals surface area contributed by atoms with Gasteiger partial charge in [0, 0.05) is 17.4 Å². The van der Waals surface area contributed by atoms with E-state index in [1.54, 1.807) is 0 Å². The van der Waals surface area contributed by atoms with Gasteiger partial charge >= 0.3 is 0 Å². The highest BCUT2D eigenvalue weighted by molar-refractivity contribution is 5.97. The lowest BCUT2D eigenvalue weighted by Gasteiger charge is -2.30. The van der Waals surface area contributed by atoms with E-state index in [-0.39, 0.29) is 11.2 Å². The van der Waals surface area contributed by atoms with Crippen molar-refractivity contribution in [3.8, 4) is 0 Å². The molecule has 1 atom stereocenters. The summed E-state index contributed by atoms with van der Waals surface area (Å²) in [5.74, 6) is 0.187. The topological polar surface area (TPSA) is 17.1 Å². The first-order valence-electron chi connectivity index (χ1n) is 9.76. The predicted octanol–water partition coefficient (Wildman–Crippen LogP) is 6.61. The maximum absolute atomic E-state index is 13.1. The Morgan fingerprint density at radius 3 is 2.07 bits per heavy atom. The average molecular weight is 364 g/mol. The van der Waals surface area contributed by atoms with Crippen LogP contribution in [0.5, 0.6) is 0 Å². The molecule has 0 aliphatic carbocycles. The van der Waals surface area contributed by atoms with Crippen LogP contribution in [0.1, 0.15) is 34.8 Å². The summed E-state index contributed by atoms with van der Waals surface area (Å²) in [5, 5.41) is 2.50. The number of ketones is 1. The van der Waals surface area contributed by atoms with Crippen LogP contribution in [0.25, 0.3) is 10.8 Å². The fourth-order valence-corrected chi connectivity index (χ4v) is 4.05. The average Bonchev–Trinajstić information content (AvgIpc) is 2.75. The van der Waals surface area contributed by atoms with Crippen molar-refractivity contribution in [2.24, 2.45) is 0 Å². The van der Waals surface area contributed by atoms with Crippen LogP contribution in [0.4, 0.5) is 0 Å². The Kier molecular flexibility index (Phi) is 5.08. The van der Waals surface area contributed by atoms with Crippen LogP contribution in [0.2, 0.25) is 0 Å². The number of carbonyl (C=O) groups excluding carboxylic acids is 1. The van der Waals surface area contributed by atoms with Crippen molar-refractivity contribution in [1.82, 2.24) is 0 Å². The summed E-state index contributed by atoms with van der Waals surface area (Å²) in [4.78, 5) is 13.1. The summed E-state index contributed by atoms with van der Waals surface area (Å²) in [6, 6.07) is 35.0. The smallest absolute Gasteiger partial charge is 0.163 e. The number of hydrogen-bond acceptors (Lipinski definition) is 1. The van der Waals surface area contributed by atoms with E-state index in [9.17, 15) is 4.79 Å². The molecule has 1 nitrogen and oxygen atoms in total. The number of carbonyl (C=O) groups is 1. The quantitative estimate of drug-likeness (QED) is 0.352. The molecule has 0 bridgehead atoms. The van der Waals surface area contributed by atoms with Crippen molar-refractivity contribution in [1.29, 1.82) is 0 Å². The molecule has 1 unspecified atom stereocenters. The van der Waals surface area contributed by atoms with Crippen molar-refractivity contribution in [3.63, 3.8) is 0 Å². The SMILES string of the molecule is CC(CC(=O)c1ccccc1)(Cc1cccc2ccccc12)c1ccccc1. The summed E-state index contributed by atoms with van der Waals surface area (Å²) in [6.45, 7) is 2.21. The summed E-state index contributed by atoms with van der Waals surface area (Å²) in [7, 11) is 0. The highest BCUT2D eigenvalue weighted by atomic mass is 16.1. The zero-order valence-electron chi connectivity index (χ0n) is 16.1. The summed E-state index contributed by atoms with van der Waals surface area (Å²) < 4.78 is 0. The molecule has 1 heteroatoms. The summed E-state index contributed by atoms with van der Waals surface area (Å²) in [6.07, 6.45) is 1.29. The van der Waals surface area contributed by atoms with Gasteiger partial charge in [-0.2, -0.15) is 0 Å². The molecule has 0 amide bonds. The van der Waals surface area contributed by atoms with Gasteiger partial charge < -0.3 is 0 Å². The molecule has 0 aliphatic rings. The molecule has 0 heterocycles. The van der Waals surface area contributed by atoms with Gasteiger partial charge in [0.2, 0.25) is 0 Å². The van der Waals surface area contributed by atoms with Gasteiger partial charge in [0.05, 0.1) is 0 Å². The summed E-state index contributed by atoms with van der Waals surface area (Å²) in [5.41, 5.74) is 2.98. The Morgan fingerprint density at radius 1 is 0.714 bits per heavy atom. The highest BCUT2D eigenvalue weighted by Gasteiger charge is 2.30. The molecular weight excluding hydrogens is 340 g/mol. The zero-order chi connectivity index (χ0) is 19.4. The van der Waals surface area contributed by atoms with E-state index in [0.717, 1.165) is 12.0 Å². The number of fused-ring (bicyclic) bond motifs is 1. The third-order valence-electron chi connectivity index (χ3n) is 5.58. The molecular formula is C27H24O. The van der Waals surface area contributed by atoms with Gasteiger partial charge in [0.1, 0.15) is 0 Å². The molecule has 4 rings (SSSR count). The van der Waals surface area contributed by atoms with Crippen molar-refractivity contribution >= 4 is 16.6 Å². The van der Waals surface area contributed by atoms with Gasteiger partial charge in [-0.05, 0) is 28.3 Å². The van der Waals surface area contributed by atoms with Crippen LogP contribution in [0.15, 0.2) is 103 Å². The Morgan fingerprint density at radius 2 is 1.32 bits per heavy atom. The fraction of sp³-hybridized carbons (Fsp3) is 0.148. The van der Waals surface area contributed by atoms with E-state index in [2.05, 4.69) is 73.7 Å². The van der Waals surface area contributed by atoms with Crippen LogP contribution >= 0.6 is 0 Å². The van der Waals surface area contributed by atoms with E-state index in [4.69, 9.17) is 0 Å². The second-order valence-electron chi connectivity index (χ2n) is 7.71. The number of hydrogen-bond donors (Lipinski definition) is 0. The maximum Gasteiger partial charge on any atom is 0.163 e. The van der Waals surface area contributed by atoms with Crippen LogP contribution in [0.3, 0.4) is 0 Å². The predicted molar refractivity (Wildman–Crippen MR) is 117 cm³/mol. The van der Waals surface area contributed by atoms with Gasteiger partial charge in [-0.15, -0.1) is 0 Å². The van der Waals surface area contributed by atoms with Crippen LogP contribution < -0.4 is 0 Å². The monoisotopic (exact) mass is 364 g/mol. The van der Waals surface area contributed by atoms with E-state index < -0.39 is 0 Å². The Bertz CT molecular complexity index is 1080. The van der Waals surface area contributed by atoms with Crippen LogP contribution in [-0.2, 0) is 11.8 Å². The molecule has 0 aliphatic heterocycles. The lowest BCUT2D eigenvalue weighted by Crippen LogP contribution is -2.28. The minimum absolute atomic E-state index is 0.187. The standard InChI is InChI=1S/C27H24O/c1-27(24-16-6-3-7-17-24,20-26(28)22-12-4-2-5-13-22)19-23-15-10-14-21-11-8-9-18-25(21)23/h2-18H,19-20H2,1H3. The molecule has 4 aromatic carbocycles. The molecule has 0 radical (unpaired) electrons. The van der Waals surface area contributed by atoms with E-state index in [1.165, 1.54) is 21.9 Å². The van der Waals surface area contributed by atoms with Crippen LogP contribution in [0, 0.1) is 0 Å². The Hall–Kier alpha value is -3.19. The van der Waals surface area contributed by atoms with Gasteiger partial charge in [-0.3, -0.25) is 4.79 Å². The third-order valence-corrected chi connectivity index (χ3v) is 5.58. The lowest BCUT2D eigenvalue weighted by molar-refractivity contribution is 0.0953. The highest BCUT2D eigenvalue weighted by Crippen LogP contribution is 2.35. The van der Waals surface area contributed by atoms with E-state index in [0.29, 0.717) is 6.42 Å². The first-order chi connectivity index (χ1) is 13.7. The number of benzene rings is 4. The zero-order valence-corrected chi connectivity index (χ0v) is 16.1. The largest absolute Gasteiger partial charge is 0.294 e. The molecule has 138 valence electrons. The van der Waals surface area contributed by atoms with Gasteiger partial charge in [0.15, 0.2) is 5.78 Å². The summed E-state index contributed by atoms with van der Waals surface area (Å²) >= 11 is 0. The van der Waals surface area contributed by atoms with Gasteiger partial charge in [-0.1, -0.05) is 110 Å². The van der Waals surface area contributed by atoms with E-state index in [1.807, 2.05) is 36.4 Å². The molecule has 0 saturated heterocycles. The first kappa shape index (κ1) is 18.2. The van der Waals surface area contributed by atoms with Crippen LogP contribution in [-0.4, -0.2) is 5.78 Å². The number of rotatable bonds is 6. The molecule has 4 aromatic rings. The molecule has 0 spiro atoms. The second-order valence-corrected chi connectivity index (χ2v) is 7.71. The first-order valence-corrected chi connectivity index (χ1v) is 9.76. The van der Waals surface area contributed by atoms with E-state index >= 15 is 0 Å². The minimum atomic E-state index is -0.279. The van der Waals surface area contributed by atoms with Gasteiger partial charge in [-0.25, -0.2) is 0 Å². The fourth-order valence-electron chi connectivity index (χ4n) is 4.05. The molecule has 0 saturated carbocycles. The van der Waals surface area contributed by atoms with Gasteiger partial charge in [0.25, 0.3) is 0 Å². The number of Topliss-reactive ketones (excluding diaryl/α,β-unsaturated/α-hetero) is 1. The Balaban J connectivity index is 1.74. The van der Waals surface area contributed by atoms with Crippen molar-refractivity contribution < 1.29 is 4.79 Å². The van der Waals surface area contributed by atoms with Crippen molar-refractivity contribution in [2.75, 3.05) is 0 Å².